The van der Waals surface area contributed by atoms with Crippen LogP contribution in [-0.4, -0.2) is 32.0 Å². The molecule has 0 spiro atoms. The van der Waals surface area contributed by atoms with Crippen LogP contribution in [0.2, 0.25) is 0 Å². The van der Waals surface area contributed by atoms with Gasteiger partial charge in [-0.15, -0.1) is 0 Å². The summed E-state index contributed by atoms with van der Waals surface area (Å²) in [5.41, 5.74) is -0.927. The largest absolute Gasteiger partial charge is 0.381 e. The number of halogens is 1. The summed E-state index contributed by atoms with van der Waals surface area (Å²) >= 11 is 0. The highest BCUT2D eigenvalue weighted by atomic mass is 19.1. The molecule has 3 heteroatoms. The van der Waals surface area contributed by atoms with E-state index < -0.39 is 5.67 Å². The van der Waals surface area contributed by atoms with Crippen LogP contribution in [0, 0.1) is 5.92 Å². The van der Waals surface area contributed by atoms with Crippen LogP contribution in [0.1, 0.15) is 19.3 Å². The SMILES string of the molecule is FC1(C2CCOCC2)CCNC1. The molecule has 2 fully saturated rings. The molecule has 0 saturated carbocycles. The molecule has 1 unspecified atom stereocenters. The fourth-order valence-corrected chi connectivity index (χ4v) is 2.24. The van der Waals surface area contributed by atoms with Crippen molar-refractivity contribution in [1.29, 1.82) is 0 Å². The van der Waals surface area contributed by atoms with Crippen LogP contribution in [0.5, 0.6) is 0 Å². The lowest BCUT2D eigenvalue weighted by molar-refractivity contribution is -0.00183. The minimum Gasteiger partial charge on any atom is -0.381 e. The van der Waals surface area contributed by atoms with Gasteiger partial charge in [0.1, 0.15) is 5.67 Å². The molecule has 0 amide bonds. The van der Waals surface area contributed by atoms with Gasteiger partial charge in [0.25, 0.3) is 0 Å². The number of hydrogen-bond donors (Lipinski definition) is 1. The first-order chi connectivity index (χ1) is 5.81. The summed E-state index contributed by atoms with van der Waals surface area (Å²) in [7, 11) is 0. The maximum atomic E-state index is 14.1. The van der Waals surface area contributed by atoms with Gasteiger partial charge < -0.3 is 10.1 Å². The quantitative estimate of drug-likeness (QED) is 0.641. The third-order valence-corrected chi connectivity index (χ3v) is 3.09. The maximum absolute atomic E-state index is 14.1. The van der Waals surface area contributed by atoms with Crippen molar-refractivity contribution in [3.8, 4) is 0 Å². The van der Waals surface area contributed by atoms with E-state index >= 15 is 0 Å². The normalized spacial score (nSPS) is 38.8. The second-order valence-electron chi connectivity index (χ2n) is 3.85. The van der Waals surface area contributed by atoms with Crippen molar-refractivity contribution in [2.24, 2.45) is 5.92 Å². The maximum Gasteiger partial charge on any atom is 0.127 e. The predicted molar refractivity (Wildman–Crippen MR) is 44.9 cm³/mol. The zero-order chi connectivity index (χ0) is 8.44. The Hall–Kier alpha value is -0.150. The van der Waals surface area contributed by atoms with Gasteiger partial charge in [-0.25, -0.2) is 4.39 Å². The van der Waals surface area contributed by atoms with Gasteiger partial charge in [0.05, 0.1) is 0 Å². The van der Waals surface area contributed by atoms with Crippen LogP contribution in [0.3, 0.4) is 0 Å². The van der Waals surface area contributed by atoms with E-state index in [0.717, 1.165) is 32.6 Å². The zero-order valence-corrected chi connectivity index (χ0v) is 7.31. The highest BCUT2D eigenvalue weighted by molar-refractivity contribution is 4.94. The van der Waals surface area contributed by atoms with E-state index in [4.69, 9.17) is 4.74 Å². The summed E-state index contributed by atoms with van der Waals surface area (Å²) in [6.07, 6.45) is 2.49. The van der Waals surface area contributed by atoms with E-state index in [1.165, 1.54) is 0 Å². The molecule has 12 heavy (non-hydrogen) atoms. The molecule has 70 valence electrons. The molecule has 2 saturated heterocycles. The van der Waals surface area contributed by atoms with E-state index in [-0.39, 0.29) is 5.92 Å². The number of rotatable bonds is 1. The lowest BCUT2D eigenvalue weighted by Crippen LogP contribution is -2.38. The van der Waals surface area contributed by atoms with Gasteiger partial charge in [-0.2, -0.15) is 0 Å². The molecule has 1 N–H and O–H groups in total. The van der Waals surface area contributed by atoms with Gasteiger partial charge in [0, 0.05) is 19.8 Å². The summed E-state index contributed by atoms with van der Waals surface area (Å²) in [4.78, 5) is 0. The van der Waals surface area contributed by atoms with Gasteiger partial charge in [-0.3, -0.25) is 0 Å². The van der Waals surface area contributed by atoms with Crippen LogP contribution in [-0.2, 0) is 4.74 Å². The molecule has 0 aromatic heterocycles. The van der Waals surface area contributed by atoms with Crippen molar-refractivity contribution in [3.63, 3.8) is 0 Å². The Morgan fingerprint density at radius 2 is 2.08 bits per heavy atom. The second kappa shape index (κ2) is 3.30. The van der Waals surface area contributed by atoms with Crippen molar-refractivity contribution in [2.45, 2.75) is 24.9 Å². The molecular weight excluding hydrogens is 157 g/mol. The first kappa shape index (κ1) is 8.45. The summed E-state index contributed by atoms with van der Waals surface area (Å²) < 4.78 is 19.3. The molecule has 0 aromatic rings. The molecule has 2 heterocycles. The van der Waals surface area contributed by atoms with E-state index in [0.29, 0.717) is 13.0 Å². The Balaban J connectivity index is 1.96. The minimum absolute atomic E-state index is 0.237. The lowest BCUT2D eigenvalue weighted by Gasteiger charge is -2.32. The summed E-state index contributed by atoms with van der Waals surface area (Å²) in [6.45, 7) is 2.89. The standard InChI is InChI=1S/C9H16FNO/c10-9(3-4-11-7-9)8-1-5-12-6-2-8/h8,11H,1-7H2. The summed E-state index contributed by atoms with van der Waals surface area (Å²) in [5, 5.41) is 3.09. The fourth-order valence-electron chi connectivity index (χ4n) is 2.24. The van der Waals surface area contributed by atoms with Gasteiger partial charge in [-0.1, -0.05) is 0 Å². The van der Waals surface area contributed by atoms with Crippen molar-refractivity contribution >= 4 is 0 Å². The third-order valence-electron chi connectivity index (χ3n) is 3.09. The molecule has 0 bridgehead atoms. The molecule has 0 aromatic carbocycles. The summed E-state index contributed by atoms with van der Waals surface area (Å²) in [6, 6.07) is 0. The monoisotopic (exact) mass is 173 g/mol. The Morgan fingerprint density at radius 3 is 2.67 bits per heavy atom. The average molecular weight is 173 g/mol. The minimum atomic E-state index is -0.927. The number of ether oxygens (including phenoxy) is 1. The van der Waals surface area contributed by atoms with Crippen molar-refractivity contribution in [1.82, 2.24) is 5.32 Å². The van der Waals surface area contributed by atoms with E-state index in [9.17, 15) is 4.39 Å². The molecule has 0 radical (unpaired) electrons. The Bertz CT molecular complexity index is 151. The van der Waals surface area contributed by atoms with Crippen molar-refractivity contribution in [2.75, 3.05) is 26.3 Å². The molecule has 0 aliphatic carbocycles. The smallest absolute Gasteiger partial charge is 0.127 e. The van der Waals surface area contributed by atoms with Crippen LogP contribution >= 0.6 is 0 Å². The van der Waals surface area contributed by atoms with E-state index in [1.54, 1.807) is 0 Å². The Labute approximate surface area is 72.5 Å². The first-order valence-corrected chi connectivity index (χ1v) is 4.79. The van der Waals surface area contributed by atoms with Crippen LogP contribution in [0.4, 0.5) is 4.39 Å². The molecule has 2 nitrogen and oxygen atoms in total. The molecule has 2 rings (SSSR count). The van der Waals surface area contributed by atoms with Gasteiger partial charge in [-0.05, 0) is 31.7 Å². The predicted octanol–water partition coefficient (Wildman–Crippen LogP) is 1.11. The van der Waals surface area contributed by atoms with Crippen molar-refractivity contribution < 1.29 is 9.13 Å². The number of hydrogen-bond acceptors (Lipinski definition) is 2. The first-order valence-electron chi connectivity index (χ1n) is 4.79. The third kappa shape index (κ3) is 1.48. The molecular formula is C9H16FNO. The van der Waals surface area contributed by atoms with Gasteiger partial charge >= 0.3 is 0 Å². The average Bonchev–Trinajstić information content (AvgIpc) is 2.55. The Kier molecular flexibility index (Phi) is 2.33. The molecule has 2 aliphatic rings. The van der Waals surface area contributed by atoms with Crippen LogP contribution < -0.4 is 5.32 Å². The molecule has 2 aliphatic heterocycles. The van der Waals surface area contributed by atoms with E-state index in [2.05, 4.69) is 5.32 Å². The van der Waals surface area contributed by atoms with Gasteiger partial charge in [0.2, 0.25) is 0 Å². The van der Waals surface area contributed by atoms with Crippen LogP contribution in [0.15, 0.2) is 0 Å². The fraction of sp³-hybridized carbons (Fsp3) is 1.00. The lowest BCUT2D eigenvalue weighted by atomic mass is 9.83. The summed E-state index contributed by atoms with van der Waals surface area (Å²) in [5.74, 6) is 0.237. The van der Waals surface area contributed by atoms with Gasteiger partial charge in [0.15, 0.2) is 0 Å². The highest BCUT2D eigenvalue weighted by Gasteiger charge is 2.41. The topological polar surface area (TPSA) is 21.3 Å². The number of alkyl halides is 1. The zero-order valence-electron chi connectivity index (χ0n) is 7.31. The van der Waals surface area contributed by atoms with Crippen molar-refractivity contribution in [3.05, 3.63) is 0 Å². The molecule has 1 atom stereocenters. The van der Waals surface area contributed by atoms with Crippen LogP contribution in [0.25, 0.3) is 0 Å². The Morgan fingerprint density at radius 1 is 1.33 bits per heavy atom. The number of nitrogens with one attached hydrogen (secondary N) is 1. The second-order valence-corrected chi connectivity index (χ2v) is 3.85. The van der Waals surface area contributed by atoms with E-state index in [1.807, 2.05) is 0 Å². The highest BCUT2D eigenvalue weighted by Crippen LogP contribution is 2.35.